The first kappa shape index (κ1) is 32.1. The van der Waals surface area contributed by atoms with Gasteiger partial charge in [-0.3, -0.25) is 4.79 Å². The van der Waals surface area contributed by atoms with Crippen LogP contribution in [0.15, 0.2) is 42.5 Å². The SMILES string of the molecule is CCCC#CC(O)(/C=C/c1ccc(C(CC)(CC)c2ccc(OCC(O)CCC(=O)O)c(C)c2)cc1C)CC. The molecule has 39 heavy (non-hydrogen) atoms. The highest BCUT2D eigenvalue weighted by molar-refractivity contribution is 5.66. The topological polar surface area (TPSA) is 87.0 Å². The summed E-state index contributed by atoms with van der Waals surface area (Å²) in [6.45, 7) is 12.6. The summed E-state index contributed by atoms with van der Waals surface area (Å²) in [5.41, 5.74) is 4.33. The first-order chi connectivity index (χ1) is 18.5. The van der Waals surface area contributed by atoms with Crippen molar-refractivity contribution in [3.05, 3.63) is 70.3 Å². The van der Waals surface area contributed by atoms with E-state index in [1.807, 2.05) is 32.1 Å². The second-order valence-corrected chi connectivity index (χ2v) is 10.4. The van der Waals surface area contributed by atoms with Crippen molar-refractivity contribution in [1.82, 2.24) is 0 Å². The monoisotopic (exact) mass is 534 g/mol. The molecule has 0 saturated carbocycles. The molecule has 0 heterocycles. The fourth-order valence-electron chi connectivity index (χ4n) is 4.88. The Morgan fingerprint density at radius 3 is 2.18 bits per heavy atom. The number of aliphatic carboxylic acids is 1. The van der Waals surface area contributed by atoms with Crippen LogP contribution in [-0.4, -0.2) is 39.6 Å². The molecule has 2 unspecified atom stereocenters. The van der Waals surface area contributed by atoms with E-state index >= 15 is 0 Å². The van der Waals surface area contributed by atoms with Gasteiger partial charge in [-0.15, -0.1) is 0 Å². The number of unbranched alkanes of at least 4 members (excludes halogenated alkanes) is 1. The second kappa shape index (κ2) is 14.9. The van der Waals surface area contributed by atoms with Crippen molar-refractivity contribution in [2.24, 2.45) is 0 Å². The summed E-state index contributed by atoms with van der Waals surface area (Å²) in [5, 5.41) is 29.7. The number of ether oxygens (including phenoxy) is 1. The normalized spacial score (nSPS) is 13.9. The van der Waals surface area contributed by atoms with Crippen LogP contribution in [0.2, 0.25) is 0 Å². The molecule has 0 aliphatic rings. The summed E-state index contributed by atoms with van der Waals surface area (Å²) in [7, 11) is 0. The van der Waals surface area contributed by atoms with Gasteiger partial charge in [0.05, 0.1) is 6.10 Å². The Morgan fingerprint density at radius 2 is 1.64 bits per heavy atom. The van der Waals surface area contributed by atoms with Crippen molar-refractivity contribution in [2.75, 3.05) is 6.61 Å². The van der Waals surface area contributed by atoms with Crippen LogP contribution in [0.4, 0.5) is 0 Å². The molecule has 0 bridgehead atoms. The fraction of sp³-hybridized carbons (Fsp3) is 0.500. The number of hydrogen-bond donors (Lipinski definition) is 3. The summed E-state index contributed by atoms with van der Waals surface area (Å²) in [6, 6.07) is 12.8. The molecule has 5 heteroatoms. The first-order valence-electron chi connectivity index (χ1n) is 14.2. The zero-order valence-corrected chi connectivity index (χ0v) is 24.5. The molecule has 3 N–H and O–H groups in total. The van der Waals surface area contributed by atoms with Gasteiger partial charge in [0.25, 0.3) is 0 Å². The van der Waals surface area contributed by atoms with Crippen LogP contribution in [0.3, 0.4) is 0 Å². The Hall–Kier alpha value is -3.07. The maximum Gasteiger partial charge on any atom is 0.303 e. The molecule has 0 saturated heterocycles. The maximum absolute atomic E-state index is 10.9. The lowest BCUT2D eigenvalue weighted by atomic mass is 9.70. The molecule has 0 fully saturated rings. The Morgan fingerprint density at radius 1 is 1.00 bits per heavy atom. The number of carboxylic acids is 1. The lowest BCUT2D eigenvalue weighted by molar-refractivity contribution is -0.137. The Balaban J connectivity index is 2.31. The minimum atomic E-state index is -1.12. The molecular weight excluding hydrogens is 488 g/mol. The lowest BCUT2D eigenvalue weighted by Crippen LogP contribution is -2.26. The van der Waals surface area contributed by atoms with Crippen molar-refractivity contribution in [3.8, 4) is 17.6 Å². The average Bonchev–Trinajstić information content (AvgIpc) is 2.92. The lowest BCUT2D eigenvalue weighted by Gasteiger charge is -2.34. The third kappa shape index (κ3) is 8.71. The van der Waals surface area contributed by atoms with Crippen LogP contribution in [0.1, 0.15) is 100 Å². The van der Waals surface area contributed by atoms with Gasteiger partial charge in [0.2, 0.25) is 0 Å². The van der Waals surface area contributed by atoms with E-state index < -0.39 is 17.7 Å². The zero-order valence-electron chi connectivity index (χ0n) is 24.5. The molecule has 212 valence electrons. The molecule has 2 rings (SSSR count). The van der Waals surface area contributed by atoms with Gasteiger partial charge in [0, 0.05) is 18.3 Å². The summed E-state index contributed by atoms with van der Waals surface area (Å²) < 4.78 is 5.82. The van der Waals surface area contributed by atoms with Gasteiger partial charge in [-0.05, 0) is 85.9 Å². The second-order valence-electron chi connectivity index (χ2n) is 10.4. The molecule has 5 nitrogen and oxygen atoms in total. The minimum absolute atomic E-state index is 0.0612. The molecular formula is C34H46O5. The van der Waals surface area contributed by atoms with E-state index in [9.17, 15) is 15.0 Å². The number of aliphatic hydroxyl groups excluding tert-OH is 1. The van der Waals surface area contributed by atoms with Crippen molar-refractivity contribution >= 4 is 12.0 Å². The number of aliphatic hydroxyl groups is 2. The van der Waals surface area contributed by atoms with Crippen molar-refractivity contribution < 1.29 is 24.9 Å². The third-order valence-corrected chi connectivity index (χ3v) is 7.64. The zero-order chi connectivity index (χ0) is 29.1. The van der Waals surface area contributed by atoms with Gasteiger partial charge in [-0.2, -0.15) is 0 Å². The predicted molar refractivity (Wildman–Crippen MR) is 159 cm³/mol. The Labute approximate surface area is 234 Å². The van der Waals surface area contributed by atoms with Crippen molar-refractivity contribution in [1.29, 1.82) is 0 Å². The van der Waals surface area contributed by atoms with E-state index in [1.54, 1.807) is 0 Å². The highest BCUT2D eigenvalue weighted by atomic mass is 16.5. The van der Waals surface area contributed by atoms with Crippen LogP contribution >= 0.6 is 0 Å². The third-order valence-electron chi connectivity index (χ3n) is 7.64. The standard InChI is InChI=1S/C34H46O5/c1-7-11-12-20-33(38,8-2)21-19-27-13-14-28(22-25(27)5)34(9-3,10-4)29-15-17-31(26(6)23-29)39-24-30(35)16-18-32(36)37/h13-15,17,19,21-23,30,35,38H,7-11,16,18,24H2,1-6H3,(H,36,37)/b21-19+. The van der Waals surface area contributed by atoms with Gasteiger partial charge in [-0.1, -0.05) is 75.9 Å². The fourth-order valence-corrected chi connectivity index (χ4v) is 4.88. The number of aryl methyl sites for hydroxylation is 2. The molecule has 0 amide bonds. The van der Waals surface area contributed by atoms with Gasteiger partial charge in [0.15, 0.2) is 0 Å². The highest BCUT2D eigenvalue weighted by Crippen LogP contribution is 2.41. The molecule has 2 atom stereocenters. The summed E-state index contributed by atoms with van der Waals surface area (Å²) in [6.07, 6.45) is 7.18. The van der Waals surface area contributed by atoms with Crippen molar-refractivity contribution in [3.63, 3.8) is 0 Å². The van der Waals surface area contributed by atoms with E-state index in [-0.39, 0.29) is 24.9 Å². The Bertz CT molecular complexity index is 1180. The van der Waals surface area contributed by atoms with E-state index in [0.29, 0.717) is 12.2 Å². The minimum Gasteiger partial charge on any atom is -0.491 e. The predicted octanol–water partition coefficient (Wildman–Crippen LogP) is 6.97. The largest absolute Gasteiger partial charge is 0.491 e. The van der Waals surface area contributed by atoms with Crippen molar-refractivity contribution in [2.45, 2.75) is 104 Å². The molecule has 0 spiro atoms. The van der Waals surface area contributed by atoms with Gasteiger partial charge in [0.1, 0.15) is 18.0 Å². The highest BCUT2D eigenvalue weighted by Gasteiger charge is 2.31. The van der Waals surface area contributed by atoms with Crippen LogP contribution in [-0.2, 0) is 10.2 Å². The smallest absolute Gasteiger partial charge is 0.303 e. The molecule has 2 aromatic rings. The molecule has 0 aromatic heterocycles. The Kier molecular flexibility index (Phi) is 12.3. The van der Waals surface area contributed by atoms with Crippen LogP contribution in [0.25, 0.3) is 6.08 Å². The molecule has 0 radical (unpaired) electrons. The molecule has 0 aliphatic carbocycles. The van der Waals surface area contributed by atoms with E-state index in [2.05, 4.69) is 69.9 Å². The quantitative estimate of drug-likeness (QED) is 0.228. The number of rotatable bonds is 14. The van der Waals surface area contributed by atoms with E-state index in [0.717, 1.165) is 42.4 Å². The number of carboxylic acid groups (broad SMARTS) is 1. The molecule has 2 aromatic carbocycles. The van der Waals surface area contributed by atoms with Gasteiger partial charge >= 0.3 is 5.97 Å². The van der Waals surface area contributed by atoms with Gasteiger partial charge in [-0.25, -0.2) is 0 Å². The van der Waals surface area contributed by atoms with Crippen LogP contribution < -0.4 is 4.74 Å². The number of carbonyl (C=O) groups is 1. The van der Waals surface area contributed by atoms with E-state index in [4.69, 9.17) is 9.84 Å². The maximum atomic E-state index is 10.9. The van der Waals surface area contributed by atoms with Gasteiger partial charge < -0.3 is 20.1 Å². The van der Waals surface area contributed by atoms with Crippen LogP contribution in [0.5, 0.6) is 5.75 Å². The average molecular weight is 535 g/mol. The number of benzene rings is 2. The van der Waals surface area contributed by atoms with E-state index in [1.165, 1.54) is 11.1 Å². The number of hydrogen-bond acceptors (Lipinski definition) is 4. The van der Waals surface area contributed by atoms with Crippen LogP contribution in [0, 0.1) is 25.7 Å². The molecule has 0 aliphatic heterocycles. The summed E-state index contributed by atoms with van der Waals surface area (Å²) in [5.74, 6) is 5.86. The summed E-state index contributed by atoms with van der Waals surface area (Å²) in [4.78, 5) is 10.7. The summed E-state index contributed by atoms with van der Waals surface area (Å²) >= 11 is 0. The first-order valence-corrected chi connectivity index (χ1v) is 14.2.